The topological polar surface area (TPSA) is 72.7 Å². The zero-order valence-electron chi connectivity index (χ0n) is 17.0. The molecule has 156 valence electrons. The van der Waals surface area contributed by atoms with Crippen LogP contribution in [0.25, 0.3) is 17.1 Å². The zero-order chi connectivity index (χ0) is 21.8. The summed E-state index contributed by atoms with van der Waals surface area (Å²) in [4.78, 5) is 16.6. The Balaban J connectivity index is 1.63. The molecule has 0 aliphatic rings. The highest BCUT2D eigenvalue weighted by molar-refractivity contribution is 7.99. The standard InChI is InChI=1S/C23H20FN5OS/c1-15-9-10-18(12-16(15)2)29-22(17-6-5-11-25-13-17)27-28-23(29)31-14-21(30)26-20-8-4-3-7-19(20)24/h3-13H,14H2,1-2H3,(H,26,30). The van der Waals surface area contributed by atoms with Crippen molar-refractivity contribution in [3.05, 3.63) is 83.9 Å². The second kappa shape index (κ2) is 9.09. The van der Waals surface area contributed by atoms with Crippen LogP contribution >= 0.6 is 11.8 Å². The maximum Gasteiger partial charge on any atom is 0.234 e. The Morgan fingerprint density at radius 2 is 1.90 bits per heavy atom. The fraction of sp³-hybridized carbons (Fsp3) is 0.130. The van der Waals surface area contributed by atoms with Crippen LogP contribution in [0.4, 0.5) is 10.1 Å². The number of amides is 1. The Morgan fingerprint density at radius 1 is 1.06 bits per heavy atom. The van der Waals surface area contributed by atoms with E-state index in [0.717, 1.165) is 16.8 Å². The zero-order valence-corrected chi connectivity index (χ0v) is 17.9. The molecule has 0 atom stereocenters. The molecule has 4 rings (SSSR count). The molecule has 2 aromatic carbocycles. The van der Waals surface area contributed by atoms with Crippen LogP contribution in [0.5, 0.6) is 0 Å². The van der Waals surface area contributed by atoms with Crippen molar-refractivity contribution >= 4 is 23.4 Å². The lowest BCUT2D eigenvalue weighted by Gasteiger charge is -2.12. The Hall–Kier alpha value is -3.52. The average Bonchev–Trinajstić information content (AvgIpc) is 3.20. The van der Waals surface area contributed by atoms with Crippen molar-refractivity contribution in [2.24, 2.45) is 0 Å². The fourth-order valence-corrected chi connectivity index (χ4v) is 3.77. The van der Waals surface area contributed by atoms with Gasteiger partial charge in [0.2, 0.25) is 5.91 Å². The maximum absolute atomic E-state index is 13.8. The molecule has 8 heteroatoms. The van der Waals surface area contributed by atoms with E-state index in [9.17, 15) is 9.18 Å². The highest BCUT2D eigenvalue weighted by Crippen LogP contribution is 2.28. The van der Waals surface area contributed by atoms with E-state index < -0.39 is 5.82 Å². The molecule has 0 aliphatic carbocycles. The van der Waals surface area contributed by atoms with Crippen molar-refractivity contribution in [2.45, 2.75) is 19.0 Å². The van der Waals surface area contributed by atoms with Crippen LogP contribution in [-0.2, 0) is 4.79 Å². The van der Waals surface area contributed by atoms with Gasteiger partial charge in [-0.05, 0) is 61.4 Å². The molecular formula is C23H20FN5OS. The van der Waals surface area contributed by atoms with Gasteiger partial charge < -0.3 is 5.32 Å². The van der Waals surface area contributed by atoms with Crippen LogP contribution in [0.15, 0.2) is 72.1 Å². The van der Waals surface area contributed by atoms with Gasteiger partial charge in [0.1, 0.15) is 5.82 Å². The lowest BCUT2D eigenvalue weighted by molar-refractivity contribution is -0.113. The molecule has 0 fully saturated rings. The van der Waals surface area contributed by atoms with Gasteiger partial charge in [-0.2, -0.15) is 0 Å². The number of carbonyl (C=O) groups excluding carboxylic acids is 1. The van der Waals surface area contributed by atoms with Crippen molar-refractivity contribution < 1.29 is 9.18 Å². The van der Waals surface area contributed by atoms with E-state index in [2.05, 4.69) is 33.5 Å². The normalized spacial score (nSPS) is 10.8. The number of hydrogen-bond donors (Lipinski definition) is 1. The van der Waals surface area contributed by atoms with Crippen molar-refractivity contribution in [3.63, 3.8) is 0 Å². The molecule has 0 bridgehead atoms. The number of anilines is 1. The van der Waals surface area contributed by atoms with Gasteiger partial charge in [0.25, 0.3) is 0 Å². The van der Waals surface area contributed by atoms with Gasteiger partial charge in [0.05, 0.1) is 17.1 Å². The molecule has 1 N–H and O–H groups in total. The van der Waals surface area contributed by atoms with E-state index in [-0.39, 0.29) is 17.3 Å². The molecule has 0 radical (unpaired) electrons. The molecule has 0 aliphatic heterocycles. The summed E-state index contributed by atoms with van der Waals surface area (Å²) in [5, 5.41) is 11.8. The van der Waals surface area contributed by atoms with E-state index in [0.29, 0.717) is 11.0 Å². The molecule has 0 spiro atoms. The lowest BCUT2D eigenvalue weighted by atomic mass is 10.1. The Kier molecular flexibility index (Phi) is 6.08. The quantitative estimate of drug-likeness (QED) is 0.442. The number of aromatic nitrogens is 4. The second-order valence-corrected chi connectivity index (χ2v) is 7.91. The van der Waals surface area contributed by atoms with Gasteiger partial charge in [-0.15, -0.1) is 10.2 Å². The summed E-state index contributed by atoms with van der Waals surface area (Å²) in [5.74, 6) is -0.108. The van der Waals surface area contributed by atoms with E-state index >= 15 is 0 Å². The summed E-state index contributed by atoms with van der Waals surface area (Å²) >= 11 is 1.24. The van der Waals surface area contributed by atoms with Crippen molar-refractivity contribution in [1.82, 2.24) is 19.7 Å². The molecule has 1 amide bonds. The molecule has 0 unspecified atom stereocenters. The molecule has 0 saturated heterocycles. The van der Waals surface area contributed by atoms with E-state index in [1.807, 2.05) is 35.8 Å². The average molecular weight is 434 g/mol. The van der Waals surface area contributed by atoms with Crippen LogP contribution in [0.1, 0.15) is 11.1 Å². The number of benzene rings is 2. The minimum atomic E-state index is -0.474. The first-order valence-corrected chi connectivity index (χ1v) is 10.6. The first kappa shape index (κ1) is 20.7. The molecular weight excluding hydrogens is 413 g/mol. The summed E-state index contributed by atoms with van der Waals surface area (Å²) < 4.78 is 15.7. The maximum atomic E-state index is 13.8. The smallest absolute Gasteiger partial charge is 0.234 e. The molecule has 4 aromatic rings. The predicted molar refractivity (Wildman–Crippen MR) is 120 cm³/mol. The number of rotatable bonds is 6. The van der Waals surface area contributed by atoms with E-state index in [4.69, 9.17) is 0 Å². The van der Waals surface area contributed by atoms with Crippen molar-refractivity contribution in [1.29, 1.82) is 0 Å². The molecule has 2 heterocycles. The molecule has 2 aromatic heterocycles. The van der Waals surface area contributed by atoms with Crippen LogP contribution < -0.4 is 5.32 Å². The molecule has 31 heavy (non-hydrogen) atoms. The SMILES string of the molecule is Cc1ccc(-n2c(SCC(=O)Nc3ccccc3F)nnc2-c2cccnc2)cc1C. The van der Waals surface area contributed by atoms with Crippen molar-refractivity contribution in [2.75, 3.05) is 11.1 Å². The number of nitrogens with one attached hydrogen (secondary N) is 1. The number of carbonyl (C=O) groups is 1. The number of halogens is 1. The summed E-state index contributed by atoms with van der Waals surface area (Å²) in [7, 11) is 0. The Labute approximate surface area is 183 Å². The summed E-state index contributed by atoms with van der Waals surface area (Å²) in [6.07, 6.45) is 3.42. The Bertz CT molecular complexity index is 1230. The lowest BCUT2D eigenvalue weighted by Crippen LogP contribution is -2.15. The highest BCUT2D eigenvalue weighted by atomic mass is 32.2. The Morgan fingerprint density at radius 3 is 2.65 bits per heavy atom. The number of nitrogens with zero attached hydrogens (tertiary/aromatic N) is 4. The highest BCUT2D eigenvalue weighted by Gasteiger charge is 2.18. The van der Waals surface area contributed by atoms with Crippen LogP contribution in [-0.4, -0.2) is 31.4 Å². The predicted octanol–water partition coefficient (Wildman–Crippen LogP) is 4.82. The largest absolute Gasteiger partial charge is 0.323 e. The summed E-state index contributed by atoms with van der Waals surface area (Å²) in [6.45, 7) is 4.09. The van der Waals surface area contributed by atoms with Gasteiger partial charge in [0.15, 0.2) is 11.0 Å². The third-order valence-electron chi connectivity index (χ3n) is 4.78. The number of para-hydroxylation sites is 1. The van der Waals surface area contributed by atoms with Gasteiger partial charge in [-0.25, -0.2) is 4.39 Å². The third-order valence-corrected chi connectivity index (χ3v) is 5.71. The van der Waals surface area contributed by atoms with E-state index in [1.165, 1.54) is 29.5 Å². The van der Waals surface area contributed by atoms with Crippen LogP contribution in [0.2, 0.25) is 0 Å². The van der Waals surface area contributed by atoms with Gasteiger partial charge in [0, 0.05) is 18.0 Å². The van der Waals surface area contributed by atoms with Gasteiger partial charge >= 0.3 is 0 Å². The number of aryl methyl sites for hydroxylation is 2. The number of hydrogen-bond acceptors (Lipinski definition) is 5. The first-order valence-electron chi connectivity index (χ1n) is 9.63. The number of thioether (sulfide) groups is 1. The second-order valence-electron chi connectivity index (χ2n) is 6.97. The first-order chi connectivity index (χ1) is 15.0. The monoisotopic (exact) mass is 433 g/mol. The minimum absolute atomic E-state index is 0.0599. The van der Waals surface area contributed by atoms with Gasteiger partial charge in [-0.3, -0.25) is 14.3 Å². The van der Waals surface area contributed by atoms with Crippen molar-refractivity contribution in [3.8, 4) is 17.1 Å². The van der Waals surface area contributed by atoms with Gasteiger partial charge in [-0.1, -0.05) is 30.0 Å². The fourth-order valence-electron chi connectivity index (χ4n) is 3.02. The summed E-state index contributed by atoms with van der Waals surface area (Å²) in [6, 6.07) is 15.9. The summed E-state index contributed by atoms with van der Waals surface area (Å²) in [5.41, 5.74) is 4.18. The number of pyridine rings is 1. The van der Waals surface area contributed by atoms with E-state index in [1.54, 1.807) is 24.5 Å². The molecule has 0 saturated carbocycles. The molecule has 6 nitrogen and oxygen atoms in total. The van der Waals surface area contributed by atoms with Crippen LogP contribution in [0.3, 0.4) is 0 Å². The third kappa shape index (κ3) is 4.64. The van der Waals surface area contributed by atoms with Crippen LogP contribution in [0, 0.1) is 19.7 Å². The minimum Gasteiger partial charge on any atom is -0.323 e.